The lowest BCUT2D eigenvalue weighted by molar-refractivity contribution is -0.140. The molecule has 0 atom stereocenters. The van der Waals surface area contributed by atoms with Crippen molar-refractivity contribution in [1.29, 1.82) is 0 Å². The van der Waals surface area contributed by atoms with E-state index < -0.39 is 17.5 Å². The number of hydrogen-bond acceptors (Lipinski definition) is 4. The summed E-state index contributed by atoms with van der Waals surface area (Å²) in [5.41, 5.74) is 0.852. The number of nitrogens with zero attached hydrogens (tertiary/aromatic N) is 2. The van der Waals surface area contributed by atoms with Crippen LogP contribution in [0.4, 0.5) is 10.5 Å². The van der Waals surface area contributed by atoms with Gasteiger partial charge in [-0.25, -0.2) is 4.79 Å². The Morgan fingerprint density at radius 2 is 1.87 bits per heavy atom. The molecular formula is C23H32N4O4. The van der Waals surface area contributed by atoms with E-state index in [0.29, 0.717) is 18.8 Å². The van der Waals surface area contributed by atoms with Gasteiger partial charge in [0.05, 0.1) is 6.54 Å². The van der Waals surface area contributed by atoms with E-state index in [1.807, 2.05) is 31.2 Å². The molecule has 5 amide bonds. The zero-order chi connectivity index (χ0) is 22.6. The van der Waals surface area contributed by atoms with Crippen molar-refractivity contribution >= 4 is 29.4 Å². The predicted octanol–water partition coefficient (Wildman–Crippen LogP) is 2.54. The van der Waals surface area contributed by atoms with Crippen LogP contribution in [0.15, 0.2) is 24.3 Å². The highest BCUT2D eigenvalue weighted by atomic mass is 16.2. The number of likely N-dealkylation sites (N-methyl/N-ethyl adjacent to an activating group) is 1. The van der Waals surface area contributed by atoms with E-state index in [-0.39, 0.29) is 24.9 Å². The summed E-state index contributed by atoms with van der Waals surface area (Å²) in [6.07, 6.45) is 4.84. The van der Waals surface area contributed by atoms with Crippen molar-refractivity contribution in [2.24, 2.45) is 5.92 Å². The van der Waals surface area contributed by atoms with Gasteiger partial charge in [0.15, 0.2) is 0 Å². The molecule has 1 heterocycles. The van der Waals surface area contributed by atoms with Gasteiger partial charge in [-0.15, -0.1) is 0 Å². The number of urea groups is 1. The Hall–Kier alpha value is -2.90. The van der Waals surface area contributed by atoms with Crippen LogP contribution in [0, 0.1) is 5.92 Å². The van der Waals surface area contributed by atoms with Crippen LogP contribution in [-0.4, -0.2) is 59.2 Å². The van der Waals surface area contributed by atoms with Crippen LogP contribution in [0.2, 0.25) is 0 Å². The fourth-order valence-corrected chi connectivity index (χ4v) is 4.44. The van der Waals surface area contributed by atoms with Gasteiger partial charge >= 0.3 is 6.03 Å². The van der Waals surface area contributed by atoms with E-state index in [4.69, 9.17) is 0 Å². The van der Waals surface area contributed by atoms with Gasteiger partial charge in [0.2, 0.25) is 11.8 Å². The number of para-hydroxylation sites is 1. The first-order valence-electron chi connectivity index (χ1n) is 11.1. The van der Waals surface area contributed by atoms with E-state index in [1.54, 1.807) is 0 Å². The first-order valence-corrected chi connectivity index (χ1v) is 11.1. The number of amides is 5. The molecule has 0 radical (unpaired) electrons. The third-order valence-electron chi connectivity index (χ3n) is 6.55. The van der Waals surface area contributed by atoms with Crippen LogP contribution in [0.3, 0.4) is 0 Å². The maximum absolute atomic E-state index is 13.0. The Morgan fingerprint density at radius 1 is 1.19 bits per heavy atom. The summed E-state index contributed by atoms with van der Waals surface area (Å²) in [5, 5.41) is 5.65. The highest BCUT2D eigenvalue weighted by Crippen LogP contribution is 2.37. The van der Waals surface area contributed by atoms with E-state index in [1.165, 1.54) is 11.9 Å². The van der Waals surface area contributed by atoms with Gasteiger partial charge in [-0.3, -0.25) is 19.3 Å². The summed E-state index contributed by atoms with van der Waals surface area (Å²) in [5.74, 6) is -0.534. The SMILES string of the molecule is CCc1ccccc1NC(=O)CN(C)C(=O)CN1C(=O)NC2(CCC(CC)CC2)C1=O. The number of benzene rings is 1. The van der Waals surface area contributed by atoms with E-state index in [2.05, 4.69) is 17.6 Å². The molecule has 0 unspecified atom stereocenters. The molecule has 168 valence electrons. The fraction of sp³-hybridized carbons (Fsp3) is 0.565. The summed E-state index contributed by atoms with van der Waals surface area (Å²) in [6.45, 7) is 3.61. The van der Waals surface area contributed by atoms with Gasteiger partial charge < -0.3 is 15.5 Å². The number of anilines is 1. The molecule has 1 spiro atoms. The van der Waals surface area contributed by atoms with Crippen LogP contribution < -0.4 is 10.6 Å². The minimum absolute atomic E-state index is 0.163. The summed E-state index contributed by atoms with van der Waals surface area (Å²) in [6, 6.07) is 6.97. The van der Waals surface area contributed by atoms with Gasteiger partial charge in [0.1, 0.15) is 12.1 Å². The topological polar surface area (TPSA) is 98.8 Å². The molecule has 1 aromatic carbocycles. The average Bonchev–Trinajstić information content (AvgIpc) is 2.98. The minimum atomic E-state index is -0.872. The number of imide groups is 1. The number of carbonyl (C=O) groups is 4. The first kappa shape index (κ1) is 22.8. The van der Waals surface area contributed by atoms with Crippen LogP contribution in [0.25, 0.3) is 0 Å². The monoisotopic (exact) mass is 428 g/mol. The quantitative estimate of drug-likeness (QED) is 0.652. The summed E-state index contributed by atoms with van der Waals surface area (Å²) in [7, 11) is 1.49. The fourth-order valence-electron chi connectivity index (χ4n) is 4.44. The van der Waals surface area contributed by atoms with Crippen molar-refractivity contribution in [2.45, 2.75) is 57.9 Å². The largest absolute Gasteiger partial charge is 0.335 e. The number of nitrogens with one attached hydrogen (secondary N) is 2. The predicted molar refractivity (Wildman–Crippen MR) is 117 cm³/mol. The van der Waals surface area contributed by atoms with Crippen molar-refractivity contribution in [3.8, 4) is 0 Å². The van der Waals surface area contributed by atoms with E-state index >= 15 is 0 Å². The van der Waals surface area contributed by atoms with Gasteiger partial charge in [-0.2, -0.15) is 0 Å². The standard InChI is InChI=1S/C23H32N4O4/c1-4-16-10-12-23(13-11-16)21(30)27(22(31)25-23)15-20(29)26(3)14-19(28)24-18-9-7-6-8-17(18)5-2/h6-9,16H,4-5,10-15H2,1-3H3,(H,24,28)(H,25,31). The molecule has 1 saturated carbocycles. The zero-order valence-electron chi connectivity index (χ0n) is 18.6. The van der Waals surface area contributed by atoms with Gasteiger partial charge in [-0.1, -0.05) is 38.5 Å². The molecule has 1 aliphatic heterocycles. The molecule has 2 fully saturated rings. The summed E-state index contributed by atoms with van der Waals surface area (Å²) < 4.78 is 0. The Kier molecular flexibility index (Phi) is 6.97. The lowest BCUT2D eigenvalue weighted by atomic mass is 9.75. The highest BCUT2D eigenvalue weighted by Gasteiger charge is 2.52. The Bertz CT molecular complexity index is 861. The first-order chi connectivity index (χ1) is 14.8. The number of aryl methyl sites for hydroxylation is 1. The number of carbonyl (C=O) groups excluding carboxylic acids is 4. The third-order valence-corrected chi connectivity index (χ3v) is 6.55. The molecule has 8 heteroatoms. The molecule has 8 nitrogen and oxygen atoms in total. The molecule has 1 aliphatic carbocycles. The molecule has 0 bridgehead atoms. The van der Waals surface area contributed by atoms with Gasteiger partial charge in [-0.05, 0) is 49.7 Å². The molecule has 2 aliphatic rings. The molecule has 1 saturated heterocycles. The summed E-state index contributed by atoms with van der Waals surface area (Å²) in [4.78, 5) is 52.7. The third kappa shape index (κ3) is 4.89. The van der Waals surface area contributed by atoms with Crippen molar-refractivity contribution in [1.82, 2.24) is 15.1 Å². The Morgan fingerprint density at radius 3 is 2.52 bits per heavy atom. The second kappa shape index (κ2) is 9.49. The maximum Gasteiger partial charge on any atom is 0.325 e. The van der Waals surface area contributed by atoms with Gasteiger partial charge in [0, 0.05) is 12.7 Å². The second-order valence-corrected chi connectivity index (χ2v) is 8.56. The second-order valence-electron chi connectivity index (χ2n) is 8.56. The van der Waals surface area contributed by atoms with E-state index in [9.17, 15) is 19.2 Å². The maximum atomic E-state index is 13.0. The van der Waals surface area contributed by atoms with Crippen molar-refractivity contribution in [3.05, 3.63) is 29.8 Å². The smallest absolute Gasteiger partial charge is 0.325 e. The summed E-state index contributed by atoms with van der Waals surface area (Å²) >= 11 is 0. The zero-order valence-corrected chi connectivity index (χ0v) is 18.6. The van der Waals surface area contributed by atoms with Crippen molar-refractivity contribution in [2.75, 3.05) is 25.5 Å². The minimum Gasteiger partial charge on any atom is -0.335 e. The van der Waals surface area contributed by atoms with Crippen molar-refractivity contribution < 1.29 is 19.2 Å². The van der Waals surface area contributed by atoms with Crippen LogP contribution in [-0.2, 0) is 20.8 Å². The molecule has 1 aromatic rings. The van der Waals surface area contributed by atoms with Crippen LogP contribution in [0.1, 0.15) is 51.5 Å². The lowest BCUT2D eigenvalue weighted by Crippen LogP contribution is -2.50. The Balaban J connectivity index is 1.56. The molecular weight excluding hydrogens is 396 g/mol. The molecule has 3 rings (SSSR count). The lowest BCUT2D eigenvalue weighted by Gasteiger charge is -2.34. The normalized spacial score (nSPS) is 23.1. The molecule has 2 N–H and O–H groups in total. The van der Waals surface area contributed by atoms with Crippen molar-refractivity contribution in [3.63, 3.8) is 0 Å². The van der Waals surface area contributed by atoms with E-state index in [0.717, 1.165) is 41.8 Å². The number of hydrogen-bond donors (Lipinski definition) is 2. The molecule has 31 heavy (non-hydrogen) atoms. The Labute approximate surface area is 183 Å². The van der Waals surface area contributed by atoms with Crippen LogP contribution >= 0.6 is 0 Å². The van der Waals surface area contributed by atoms with Crippen LogP contribution in [0.5, 0.6) is 0 Å². The van der Waals surface area contributed by atoms with Gasteiger partial charge in [0.25, 0.3) is 5.91 Å². The molecule has 0 aromatic heterocycles. The average molecular weight is 429 g/mol. The number of rotatable bonds is 7. The highest BCUT2D eigenvalue weighted by molar-refractivity contribution is 6.09.